The fourth-order valence-electron chi connectivity index (χ4n) is 2.36. The lowest BCUT2D eigenvalue weighted by atomic mass is 9.87. The molecule has 0 aliphatic heterocycles. The molecule has 0 bridgehead atoms. The molecule has 0 saturated heterocycles. The van der Waals surface area contributed by atoms with Crippen LogP contribution in [0.2, 0.25) is 0 Å². The number of carbonyl (C=O) groups is 1. The minimum atomic E-state index is 0.436. The molecule has 1 saturated carbocycles. The maximum absolute atomic E-state index is 11.4. The number of benzene rings is 1. The Balaban J connectivity index is 1.83. The summed E-state index contributed by atoms with van der Waals surface area (Å²) in [5.41, 5.74) is 1.39. The molecule has 0 aromatic heterocycles. The summed E-state index contributed by atoms with van der Waals surface area (Å²) in [7, 11) is 0. The third-order valence-electron chi connectivity index (χ3n) is 3.25. The van der Waals surface area contributed by atoms with Crippen LogP contribution in [0.4, 0.5) is 0 Å². The predicted octanol–water partition coefficient (Wildman–Crippen LogP) is 4.48. The van der Waals surface area contributed by atoms with E-state index in [2.05, 4.69) is 37.3 Å². The van der Waals surface area contributed by atoms with E-state index >= 15 is 0 Å². The van der Waals surface area contributed by atoms with Crippen LogP contribution in [-0.4, -0.2) is 11.5 Å². The van der Waals surface area contributed by atoms with Crippen LogP contribution in [0.3, 0.4) is 0 Å². The van der Waals surface area contributed by atoms with Crippen molar-refractivity contribution in [3.05, 3.63) is 42.0 Å². The second-order valence-electron chi connectivity index (χ2n) is 5.01. The SMILES string of the molecule is C/C(=C\C1CCCC(=O)C1)CSc1ccccc1. The van der Waals surface area contributed by atoms with Crippen LogP contribution in [-0.2, 0) is 4.79 Å². The van der Waals surface area contributed by atoms with Crippen molar-refractivity contribution in [2.75, 3.05) is 5.75 Å². The van der Waals surface area contributed by atoms with E-state index < -0.39 is 0 Å². The van der Waals surface area contributed by atoms with Gasteiger partial charge < -0.3 is 0 Å². The summed E-state index contributed by atoms with van der Waals surface area (Å²) in [5, 5.41) is 0. The lowest BCUT2D eigenvalue weighted by Crippen LogP contribution is -2.13. The molecule has 0 spiro atoms. The van der Waals surface area contributed by atoms with Crippen LogP contribution in [0.15, 0.2) is 46.9 Å². The van der Waals surface area contributed by atoms with Gasteiger partial charge in [0.25, 0.3) is 0 Å². The van der Waals surface area contributed by atoms with Crippen molar-refractivity contribution in [1.82, 2.24) is 0 Å². The quantitative estimate of drug-likeness (QED) is 0.586. The zero-order valence-corrected chi connectivity index (χ0v) is 11.7. The average Bonchev–Trinajstić information content (AvgIpc) is 2.38. The fourth-order valence-corrected chi connectivity index (χ4v) is 3.20. The Hall–Kier alpha value is -1.02. The maximum atomic E-state index is 11.4. The van der Waals surface area contributed by atoms with Crippen LogP contribution in [0.1, 0.15) is 32.6 Å². The van der Waals surface area contributed by atoms with Crippen LogP contribution in [0, 0.1) is 5.92 Å². The highest BCUT2D eigenvalue weighted by Gasteiger charge is 2.17. The van der Waals surface area contributed by atoms with Gasteiger partial charge in [-0.25, -0.2) is 0 Å². The lowest BCUT2D eigenvalue weighted by molar-refractivity contribution is -0.121. The van der Waals surface area contributed by atoms with E-state index in [0.717, 1.165) is 25.0 Å². The molecule has 2 heteroatoms. The first-order chi connectivity index (χ1) is 8.74. The summed E-state index contributed by atoms with van der Waals surface area (Å²) in [5.74, 6) is 1.95. The average molecular weight is 260 g/mol. The van der Waals surface area contributed by atoms with Gasteiger partial charge in [-0.15, -0.1) is 11.8 Å². The standard InChI is InChI=1S/C16H20OS/c1-13(10-14-6-5-7-15(17)11-14)12-18-16-8-3-2-4-9-16/h2-4,8-10,14H,5-7,11-12H2,1H3/b13-10+. The third kappa shape index (κ3) is 4.34. The Bertz CT molecular complexity index is 422. The molecule has 1 aromatic rings. The highest BCUT2D eigenvalue weighted by molar-refractivity contribution is 7.99. The monoisotopic (exact) mass is 260 g/mol. The van der Waals surface area contributed by atoms with Crippen molar-refractivity contribution >= 4 is 17.5 Å². The van der Waals surface area contributed by atoms with E-state index in [1.54, 1.807) is 0 Å². The molecule has 1 atom stereocenters. The summed E-state index contributed by atoms with van der Waals surface area (Å²) in [6, 6.07) is 10.5. The summed E-state index contributed by atoms with van der Waals surface area (Å²) >= 11 is 1.86. The lowest BCUT2D eigenvalue weighted by Gasteiger charge is -2.18. The molecule has 1 nitrogen and oxygen atoms in total. The van der Waals surface area contributed by atoms with Gasteiger partial charge in [0.1, 0.15) is 5.78 Å². The smallest absolute Gasteiger partial charge is 0.133 e. The first-order valence-electron chi connectivity index (χ1n) is 6.61. The normalized spacial score (nSPS) is 21.1. The van der Waals surface area contributed by atoms with E-state index in [9.17, 15) is 4.79 Å². The topological polar surface area (TPSA) is 17.1 Å². The van der Waals surface area contributed by atoms with E-state index in [1.165, 1.54) is 16.9 Å². The first kappa shape index (κ1) is 13.4. The Kier molecular flexibility index (Phi) is 5.06. The van der Waals surface area contributed by atoms with Gasteiger partial charge >= 0.3 is 0 Å². The van der Waals surface area contributed by atoms with Crippen LogP contribution in [0.5, 0.6) is 0 Å². The minimum absolute atomic E-state index is 0.436. The minimum Gasteiger partial charge on any atom is -0.300 e. The van der Waals surface area contributed by atoms with Gasteiger partial charge in [-0.1, -0.05) is 29.8 Å². The number of rotatable bonds is 4. The van der Waals surface area contributed by atoms with E-state index in [-0.39, 0.29) is 0 Å². The van der Waals surface area contributed by atoms with Gasteiger partial charge in [-0.2, -0.15) is 0 Å². The maximum Gasteiger partial charge on any atom is 0.133 e. The molecule has 1 unspecified atom stereocenters. The molecule has 1 aromatic carbocycles. The van der Waals surface area contributed by atoms with Gasteiger partial charge in [0, 0.05) is 23.5 Å². The predicted molar refractivity (Wildman–Crippen MR) is 77.9 cm³/mol. The molecule has 0 radical (unpaired) electrons. The third-order valence-corrected chi connectivity index (χ3v) is 4.46. The van der Waals surface area contributed by atoms with Crippen LogP contribution < -0.4 is 0 Å². The van der Waals surface area contributed by atoms with Crippen molar-refractivity contribution in [2.45, 2.75) is 37.5 Å². The number of Topliss-reactive ketones (excluding diaryl/α,β-unsaturated/α-hetero) is 1. The Labute approximate surface area is 114 Å². The molecule has 0 heterocycles. The Morgan fingerprint density at radius 1 is 1.39 bits per heavy atom. The number of allylic oxidation sites excluding steroid dienone is 1. The van der Waals surface area contributed by atoms with E-state index in [1.807, 2.05) is 17.8 Å². The molecule has 1 aliphatic rings. The van der Waals surface area contributed by atoms with E-state index in [4.69, 9.17) is 0 Å². The zero-order chi connectivity index (χ0) is 12.8. The molecule has 96 valence electrons. The van der Waals surface area contributed by atoms with Gasteiger partial charge in [-0.3, -0.25) is 4.79 Å². The highest BCUT2D eigenvalue weighted by Crippen LogP contribution is 2.25. The van der Waals surface area contributed by atoms with Crippen molar-refractivity contribution < 1.29 is 4.79 Å². The molecular formula is C16H20OS. The van der Waals surface area contributed by atoms with Gasteiger partial charge in [0.15, 0.2) is 0 Å². The van der Waals surface area contributed by atoms with Gasteiger partial charge in [0.05, 0.1) is 0 Å². The van der Waals surface area contributed by atoms with Crippen molar-refractivity contribution in [1.29, 1.82) is 0 Å². The van der Waals surface area contributed by atoms with Crippen molar-refractivity contribution in [3.8, 4) is 0 Å². The molecule has 0 amide bonds. The number of carbonyl (C=O) groups excluding carboxylic acids is 1. The molecule has 1 aliphatic carbocycles. The number of hydrogen-bond acceptors (Lipinski definition) is 2. The van der Waals surface area contributed by atoms with Gasteiger partial charge in [-0.05, 0) is 37.8 Å². The molecule has 0 N–H and O–H groups in total. The summed E-state index contributed by atoms with van der Waals surface area (Å²) in [6.45, 7) is 2.18. The molecular weight excluding hydrogens is 240 g/mol. The second-order valence-corrected chi connectivity index (χ2v) is 6.06. The zero-order valence-electron chi connectivity index (χ0n) is 10.9. The summed E-state index contributed by atoms with van der Waals surface area (Å²) < 4.78 is 0. The van der Waals surface area contributed by atoms with Crippen LogP contribution >= 0.6 is 11.8 Å². The Morgan fingerprint density at radius 2 is 2.17 bits per heavy atom. The van der Waals surface area contributed by atoms with Gasteiger partial charge in [0.2, 0.25) is 0 Å². The molecule has 18 heavy (non-hydrogen) atoms. The highest BCUT2D eigenvalue weighted by atomic mass is 32.2. The second kappa shape index (κ2) is 6.79. The van der Waals surface area contributed by atoms with E-state index in [0.29, 0.717) is 11.7 Å². The first-order valence-corrected chi connectivity index (χ1v) is 7.59. The number of hydrogen-bond donors (Lipinski definition) is 0. The number of ketones is 1. The molecule has 2 rings (SSSR count). The van der Waals surface area contributed by atoms with Crippen molar-refractivity contribution in [2.24, 2.45) is 5.92 Å². The fraction of sp³-hybridized carbons (Fsp3) is 0.438. The summed E-state index contributed by atoms with van der Waals surface area (Å²) in [6.07, 6.45) is 6.11. The Morgan fingerprint density at radius 3 is 2.89 bits per heavy atom. The van der Waals surface area contributed by atoms with Crippen molar-refractivity contribution in [3.63, 3.8) is 0 Å². The largest absolute Gasteiger partial charge is 0.300 e. The summed E-state index contributed by atoms with van der Waals surface area (Å²) in [4.78, 5) is 12.7. The molecule has 1 fully saturated rings. The van der Waals surface area contributed by atoms with Crippen LogP contribution in [0.25, 0.3) is 0 Å². The number of thioether (sulfide) groups is 1.